The average Bonchev–Trinajstić information content (AvgIpc) is 2.26. The number of rotatable bonds is 7. The fraction of sp³-hybridized carbons (Fsp3) is 0.571. The van der Waals surface area contributed by atoms with Crippen molar-refractivity contribution >= 4 is 21.8 Å². The van der Waals surface area contributed by atoms with Crippen LogP contribution in [-0.4, -0.2) is 26.0 Å². The van der Waals surface area contributed by atoms with Gasteiger partial charge in [-0.05, 0) is 62.0 Å². The van der Waals surface area contributed by atoms with E-state index in [-0.39, 0.29) is 10.9 Å². The summed E-state index contributed by atoms with van der Waals surface area (Å²) in [6, 6.07) is 2.36. The summed E-state index contributed by atoms with van der Waals surface area (Å²) >= 11 is 1.78. The molecule has 3 nitrogen and oxygen atoms in total. The minimum absolute atomic E-state index is 0.136. The molecule has 0 saturated heterocycles. The number of hydrogen-bond donors (Lipinski definition) is 1. The number of halogens is 1. The Morgan fingerprint density at radius 2 is 1.85 bits per heavy atom. The van der Waals surface area contributed by atoms with Crippen molar-refractivity contribution in [1.29, 1.82) is 0 Å². The summed E-state index contributed by atoms with van der Waals surface area (Å²) in [4.78, 5) is 0.189. The van der Waals surface area contributed by atoms with Crippen molar-refractivity contribution in [3.8, 4) is 0 Å². The number of hydrogen-bond acceptors (Lipinski definition) is 3. The fourth-order valence-corrected chi connectivity index (χ4v) is 4.65. The molecule has 0 bridgehead atoms. The molecule has 6 heteroatoms. The zero-order valence-electron chi connectivity index (χ0n) is 12.4. The number of sulfonamides is 1. The summed E-state index contributed by atoms with van der Waals surface area (Å²) in [5.74, 6) is 1.53. The Bertz CT molecular complexity index is 535. The molecular weight excluding hydrogens is 297 g/mol. The molecule has 0 aliphatic rings. The highest BCUT2D eigenvalue weighted by Gasteiger charge is 2.22. The van der Waals surface area contributed by atoms with Gasteiger partial charge in [0.25, 0.3) is 0 Å². The van der Waals surface area contributed by atoms with E-state index in [4.69, 9.17) is 0 Å². The summed E-state index contributed by atoms with van der Waals surface area (Å²) in [5.41, 5.74) is 0.871. The summed E-state index contributed by atoms with van der Waals surface area (Å²) in [6.45, 7) is 7.15. The minimum Gasteiger partial charge on any atom is -0.208 e. The second-order valence-corrected chi connectivity index (χ2v) is 7.92. The second kappa shape index (κ2) is 7.43. The van der Waals surface area contributed by atoms with Crippen molar-refractivity contribution < 1.29 is 12.8 Å². The first-order valence-corrected chi connectivity index (χ1v) is 9.28. The molecule has 1 rings (SSSR count). The highest BCUT2D eigenvalue weighted by atomic mass is 32.2. The maximum absolute atomic E-state index is 13.2. The summed E-state index contributed by atoms with van der Waals surface area (Å²) in [7, 11) is -3.60. The maximum atomic E-state index is 13.2. The van der Waals surface area contributed by atoms with Crippen LogP contribution in [0.4, 0.5) is 4.39 Å². The lowest BCUT2D eigenvalue weighted by atomic mass is 10.1. The van der Waals surface area contributed by atoms with Gasteiger partial charge in [-0.1, -0.05) is 6.92 Å². The standard InChI is InChI=1S/C14H22FNO2S2/c1-5-19-7-6-12(4)16-20(17,18)14-10(2)8-13(15)9-11(14)3/h8-9,12,16H,5-7H2,1-4H3. The van der Waals surface area contributed by atoms with E-state index >= 15 is 0 Å². The van der Waals surface area contributed by atoms with Gasteiger partial charge in [-0.2, -0.15) is 11.8 Å². The van der Waals surface area contributed by atoms with E-state index in [0.29, 0.717) is 11.1 Å². The van der Waals surface area contributed by atoms with Crippen LogP contribution in [-0.2, 0) is 10.0 Å². The Labute approximate surface area is 125 Å². The monoisotopic (exact) mass is 319 g/mol. The molecule has 0 spiro atoms. The van der Waals surface area contributed by atoms with Gasteiger partial charge in [0.15, 0.2) is 0 Å². The normalized spacial score (nSPS) is 13.4. The van der Waals surface area contributed by atoms with Crippen molar-refractivity contribution in [2.24, 2.45) is 0 Å². The third-order valence-corrected chi connectivity index (χ3v) is 5.78. The molecule has 1 atom stereocenters. The van der Waals surface area contributed by atoms with Crippen LogP contribution in [0.2, 0.25) is 0 Å². The van der Waals surface area contributed by atoms with Crippen molar-refractivity contribution in [2.45, 2.75) is 45.1 Å². The van der Waals surface area contributed by atoms with E-state index in [0.717, 1.165) is 17.9 Å². The van der Waals surface area contributed by atoms with Crippen LogP contribution in [0.3, 0.4) is 0 Å². The number of thioether (sulfide) groups is 1. The molecule has 1 aromatic rings. The van der Waals surface area contributed by atoms with Gasteiger partial charge in [-0.15, -0.1) is 0 Å². The van der Waals surface area contributed by atoms with Crippen LogP contribution in [0.25, 0.3) is 0 Å². The Morgan fingerprint density at radius 1 is 1.30 bits per heavy atom. The molecule has 0 saturated carbocycles. The average molecular weight is 319 g/mol. The van der Waals surface area contributed by atoms with Gasteiger partial charge in [0.05, 0.1) is 4.90 Å². The van der Waals surface area contributed by atoms with E-state index < -0.39 is 15.8 Å². The SMILES string of the molecule is CCSCCC(C)NS(=O)(=O)c1c(C)cc(F)cc1C. The van der Waals surface area contributed by atoms with Crippen molar-refractivity contribution in [1.82, 2.24) is 4.72 Å². The van der Waals surface area contributed by atoms with E-state index in [1.54, 1.807) is 25.6 Å². The number of benzene rings is 1. The highest BCUT2D eigenvalue weighted by molar-refractivity contribution is 7.99. The summed E-state index contributed by atoms with van der Waals surface area (Å²) in [5, 5.41) is 0. The van der Waals surface area contributed by atoms with Gasteiger partial charge in [0, 0.05) is 6.04 Å². The molecule has 0 amide bonds. The van der Waals surface area contributed by atoms with Crippen molar-refractivity contribution in [2.75, 3.05) is 11.5 Å². The topological polar surface area (TPSA) is 46.2 Å². The number of aryl methyl sites for hydroxylation is 2. The van der Waals surface area contributed by atoms with Gasteiger partial charge in [-0.3, -0.25) is 0 Å². The molecule has 1 N–H and O–H groups in total. The van der Waals surface area contributed by atoms with E-state index in [9.17, 15) is 12.8 Å². The molecule has 1 unspecified atom stereocenters. The Kier molecular flexibility index (Phi) is 6.48. The van der Waals surface area contributed by atoms with Crippen LogP contribution in [0, 0.1) is 19.7 Å². The Hall–Kier alpha value is -0.590. The Balaban J connectivity index is 2.89. The third-order valence-electron chi connectivity index (χ3n) is 2.95. The lowest BCUT2D eigenvalue weighted by Gasteiger charge is -2.17. The number of nitrogens with one attached hydrogen (secondary N) is 1. The summed E-state index contributed by atoms with van der Waals surface area (Å²) in [6.07, 6.45) is 0.775. The highest BCUT2D eigenvalue weighted by Crippen LogP contribution is 2.21. The molecule has 0 fully saturated rings. The third kappa shape index (κ3) is 4.75. The maximum Gasteiger partial charge on any atom is 0.241 e. The van der Waals surface area contributed by atoms with Gasteiger partial charge in [-0.25, -0.2) is 17.5 Å². The lowest BCUT2D eigenvalue weighted by Crippen LogP contribution is -2.33. The molecule has 0 aliphatic carbocycles. The molecule has 0 radical (unpaired) electrons. The van der Waals surface area contributed by atoms with Crippen LogP contribution in [0.1, 0.15) is 31.4 Å². The molecule has 0 aliphatic heterocycles. The zero-order chi connectivity index (χ0) is 15.3. The fourth-order valence-electron chi connectivity index (χ4n) is 2.11. The second-order valence-electron chi connectivity index (χ2n) is 4.88. The molecule has 20 heavy (non-hydrogen) atoms. The summed E-state index contributed by atoms with van der Waals surface area (Å²) < 4.78 is 40.7. The van der Waals surface area contributed by atoms with Gasteiger partial charge in [0.2, 0.25) is 10.0 Å². The van der Waals surface area contributed by atoms with Gasteiger partial charge < -0.3 is 0 Å². The molecular formula is C14H22FNO2S2. The van der Waals surface area contributed by atoms with Crippen LogP contribution in [0.5, 0.6) is 0 Å². The smallest absolute Gasteiger partial charge is 0.208 e. The van der Waals surface area contributed by atoms with Crippen LogP contribution >= 0.6 is 11.8 Å². The zero-order valence-corrected chi connectivity index (χ0v) is 14.0. The first-order chi connectivity index (χ1) is 9.27. The first-order valence-electron chi connectivity index (χ1n) is 6.64. The quantitative estimate of drug-likeness (QED) is 0.785. The molecule has 0 aromatic heterocycles. The van der Waals surface area contributed by atoms with Gasteiger partial charge >= 0.3 is 0 Å². The van der Waals surface area contributed by atoms with Crippen LogP contribution in [0.15, 0.2) is 17.0 Å². The predicted octanol–water partition coefficient (Wildman–Crippen LogP) is 3.25. The van der Waals surface area contributed by atoms with Crippen molar-refractivity contribution in [3.63, 3.8) is 0 Å². The molecule has 0 heterocycles. The predicted molar refractivity (Wildman–Crippen MR) is 83.3 cm³/mol. The van der Waals surface area contributed by atoms with Crippen LogP contribution < -0.4 is 4.72 Å². The van der Waals surface area contributed by atoms with Gasteiger partial charge in [0.1, 0.15) is 5.82 Å². The van der Waals surface area contributed by atoms with E-state index in [1.807, 2.05) is 6.92 Å². The van der Waals surface area contributed by atoms with Crippen molar-refractivity contribution in [3.05, 3.63) is 29.1 Å². The Morgan fingerprint density at radius 3 is 2.35 bits per heavy atom. The van der Waals surface area contributed by atoms with E-state index in [2.05, 4.69) is 11.6 Å². The lowest BCUT2D eigenvalue weighted by molar-refractivity contribution is 0.555. The first kappa shape index (κ1) is 17.5. The molecule has 114 valence electrons. The molecule has 1 aromatic carbocycles. The van der Waals surface area contributed by atoms with E-state index in [1.165, 1.54) is 12.1 Å². The minimum atomic E-state index is -3.60. The largest absolute Gasteiger partial charge is 0.241 e.